The van der Waals surface area contributed by atoms with Crippen molar-refractivity contribution in [1.29, 1.82) is 0 Å². The summed E-state index contributed by atoms with van der Waals surface area (Å²) < 4.78 is 10.4. The highest BCUT2D eigenvalue weighted by molar-refractivity contribution is 5.89. The van der Waals surface area contributed by atoms with Crippen molar-refractivity contribution in [3.8, 4) is 5.75 Å². The molecule has 0 unspecified atom stereocenters. The number of rotatable bonds is 4. The highest BCUT2D eigenvalue weighted by Crippen LogP contribution is 2.26. The lowest BCUT2D eigenvalue weighted by Gasteiger charge is -2.39. The minimum absolute atomic E-state index is 0.123. The molecule has 0 aromatic heterocycles. The van der Waals surface area contributed by atoms with Crippen molar-refractivity contribution in [2.24, 2.45) is 0 Å². The predicted molar refractivity (Wildman–Crippen MR) is 65.2 cm³/mol. The number of hydrogen-bond donors (Lipinski definition) is 4. The molecule has 2 rings (SSSR count). The Labute approximate surface area is 119 Å². The van der Waals surface area contributed by atoms with Crippen LogP contribution in [0.4, 0.5) is 0 Å². The number of para-hydroxylation sites is 1. The Morgan fingerprint density at radius 2 is 1.86 bits per heavy atom. The van der Waals surface area contributed by atoms with E-state index < -0.39 is 43.3 Å². The lowest BCUT2D eigenvalue weighted by atomic mass is 9.99. The van der Waals surface area contributed by atoms with E-state index in [0.717, 1.165) is 0 Å². The second-order valence-corrected chi connectivity index (χ2v) is 4.60. The summed E-state index contributed by atoms with van der Waals surface area (Å²) in [7, 11) is 0. The average molecular weight is 299 g/mol. The molecule has 1 saturated heterocycles. The van der Waals surface area contributed by atoms with Crippen LogP contribution >= 0.6 is 0 Å². The van der Waals surface area contributed by atoms with Crippen LogP contribution in [0.15, 0.2) is 24.3 Å². The van der Waals surface area contributed by atoms with Gasteiger partial charge in [-0.15, -0.1) is 0 Å². The van der Waals surface area contributed by atoms with Gasteiger partial charge < -0.3 is 39.8 Å². The molecule has 1 aromatic rings. The first kappa shape index (κ1) is 15.7. The van der Waals surface area contributed by atoms with Crippen LogP contribution in [0.5, 0.6) is 5.75 Å². The summed E-state index contributed by atoms with van der Waals surface area (Å²) in [6.07, 6.45) is -7.31. The third-order valence-corrected chi connectivity index (χ3v) is 3.20. The zero-order valence-corrected chi connectivity index (χ0v) is 10.8. The van der Waals surface area contributed by atoms with Crippen molar-refractivity contribution in [2.75, 3.05) is 6.61 Å². The van der Waals surface area contributed by atoms with Crippen LogP contribution in [0.1, 0.15) is 10.4 Å². The maximum Gasteiger partial charge on any atom is 0.229 e. The van der Waals surface area contributed by atoms with Crippen molar-refractivity contribution in [1.82, 2.24) is 0 Å². The van der Waals surface area contributed by atoms with Crippen molar-refractivity contribution < 1.29 is 39.8 Å². The number of aromatic carboxylic acids is 1. The molecule has 1 fully saturated rings. The Morgan fingerprint density at radius 3 is 2.48 bits per heavy atom. The molecule has 0 saturated carbocycles. The maximum atomic E-state index is 11.0. The third kappa shape index (κ3) is 3.14. The van der Waals surface area contributed by atoms with Gasteiger partial charge >= 0.3 is 0 Å². The molecule has 116 valence electrons. The summed E-state index contributed by atoms with van der Waals surface area (Å²) in [4.78, 5) is 11.0. The first-order valence-electron chi connectivity index (χ1n) is 6.23. The molecular formula is C13H15O8-. The van der Waals surface area contributed by atoms with Crippen molar-refractivity contribution >= 4 is 5.97 Å². The lowest BCUT2D eigenvalue weighted by molar-refractivity contribution is -0.278. The van der Waals surface area contributed by atoms with Gasteiger partial charge in [-0.3, -0.25) is 0 Å². The van der Waals surface area contributed by atoms with Crippen LogP contribution in [0.3, 0.4) is 0 Å². The minimum atomic E-state index is -1.61. The molecule has 21 heavy (non-hydrogen) atoms. The first-order valence-corrected chi connectivity index (χ1v) is 6.23. The van der Waals surface area contributed by atoms with E-state index in [9.17, 15) is 25.2 Å². The van der Waals surface area contributed by atoms with E-state index >= 15 is 0 Å². The van der Waals surface area contributed by atoms with Gasteiger partial charge in [0.25, 0.3) is 0 Å². The molecule has 0 radical (unpaired) electrons. The number of ether oxygens (including phenoxy) is 2. The molecule has 8 heteroatoms. The third-order valence-electron chi connectivity index (χ3n) is 3.20. The molecule has 1 aliphatic rings. The molecule has 0 bridgehead atoms. The summed E-state index contributed by atoms with van der Waals surface area (Å²) in [5.41, 5.74) is -0.255. The molecule has 8 nitrogen and oxygen atoms in total. The summed E-state index contributed by atoms with van der Waals surface area (Å²) in [6, 6.07) is 5.54. The number of carbonyl (C=O) groups excluding carboxylic acids is 1. The topological polar surface area (TPSA) is 140 Å². The van der Waals surface area contributed by atoms with Crippen LogP contribution in [-0.2, 0) is 4.74 Å². The van der Waals surface area contributed by atoms with Crippen LogP contribution in [0.25, 0.3) is 0 Å². The van der Waals surface area contributed by atoms with E-state index in [2.05, 4.69) is 0 Å². The van der Waals surface area contributed by atoms with Crippen LogP contribution in [0, 0.1) is 0 Å². The van der Waals surface area contributed by atoms with E-state index in [1.807, 2.05) is 0 Å². The number of carboxylic acid groups (broad SMARTS) is 1. The summed E-state index contributed by atoms with van der Waals surface area (Å²) in [5, 5.41) is 49.1. The molecule has 0 spiro atoms. The van der Waals surface area contributed by atoms with E-state index in [0.29, 0.717) is 0 Å². The van der Waals surface area contributed by atoms with Crippen molar-refractivity contribution in [2.45, 2.75) is 30.7 Å². The Hall–Kier alpha value is -1.71. The van der Waals surface area contributed by atoms with Crippen molar-refractivity contribution in [3.63, 3.8) is 0 Å². The number of carbonyl (C=O) groups is 1. The van der Waals surface area contributed by atoms with Gasteiger partial charge in [0.15, 0.2) is 0 Å². The van der Waals surface area contributed by atoms with E-state index in [1.165, 1.54) is 24.3 Å². The normalized spacial score (nSPS) is 32.7. The van der Waals surface area contributed by atoms with Crippen LogP contribution in [0.2, 0.25) is 0 Å². The average Bonchev–Trinajstić information content (AvgIpc) is 2.48. The second-order valence-electron chi connectivity index (χ2n) is 4.60. The van der Waals surface area contributed by atoms with Crippen LogP contribution in [-0.4, -0.2) is 63.7 Å². The summed E-state index contributed by atoms with van der Waals surface area (Å²) in [5.74, 6) is -1.60. The molecule has 0 aliphatic carbocycles. The zero-order chi connectivity index (χ0) is 15.6. The molecule has 1 aliphatic heterocycles. The molecule has 4 N–H and O–H groups in total. The Balaban J connectivity index is 2.20. The highest BCUT2D eigenvalue weighted by atomic mass is 16.7. The Kier molecular flexibility index (Phi) is 4.76. The van der Waals surface area contributed by atoms with Gasteiger partial charge in [-0.2, -0.15) is 0 Å². The molecule has 5 atom stereocenters. The number of benzene rings is 1. The van der Waals surface area contributed by atoms with Gasteiger partial charge in [-0.1, -0.05) is 12.1 Å². The molecular weight excluding hydrogens is 284 g/mol. The number of hydrogen-bond acceptors (Lipinski definition) is 8. The Bertz CT molecular complexity index is 503. The molecule has 1 aromatic carbocycles. The van der Waals surface area contributed by atoms with Crippen LogP contribution < -0.4 is 9.84 Å². The van der Waals surface area contributed by atoms with E-state index in [1.54, 1.807) is 0 Å². The Morgan fingerprint density at radius 1 is 1.19 bits per heavy atom. The fourth-order valence-electron chi connectivity index (χ4n) is 2.03. The summed E-state index contributed by atoms with van der Waals surface area (Å²) >= 11 is 0. The minimum Gasteiger partial charge on any atom is -0.545 e. The standard InChI is InChI=1S/C13H16O8/c14-5-8-9(15)10(16)11(17)13(21-8)20-7-4-2-1-3-6(7)12(18)19/h1-4,8-11,13-17H,5H2,(H,18,19)/p-1/t8-,9-,10+,11-,13-/m1/s1. The van der Waals surface area contributed by atoms with Gasteiger partial charge in [-0.25, -0.2) is 0 Å². The fourth-order valence-corrected chi connectivity index (χ4v) is 2.03. The van der Waals surface area contributed by atoms with E-state index in [4.69, 9.17) is 14.6 Å². The molecule has 0 amide bonds. The first-order chi connectivity index (χ1) is 9.95. The van der Waals surface area contributed by atoms with Gasteiger partial charge in [0.2, 0.25) is 6.29 Å². The highest BCUT2D eigenvalue weighted by Gasteiger charge is 2.44. The predicted octanol–water partition coefficient (Wildman–Crippen LogP) is -2.77. The van der Waals surface area contributed by atoms with Gasteiger partial charge in [0, 0.05) is 5.56 Å². The van der Waals surface area contributed by atoms with Crippen molar-refractivity contribution in [3.05, 3.63) is 29.8 Å². The number of aliphatic hydroxyl groups is 4. The quantitative estimate of drug-likeness (QED) is 0.468. The zero-order valence-electron chi connectivity index (χ0n) is 10.8. The van der Waals surface area contributed by atoms with Gasteiger partial charge in [0.05, 0.1) is 12.6 Å². The second kappa shape index (κ2) is 6.37. The summed E-state index contributed by atoms with van der Waals surface area (Å²) in [6.45, 7) is -0.604. The van der Waals surface area contributed by atoms with Gasteiger partial charge in [-0.05, 0) is 12.1 Å². The van der Waals surface area contributed by atoms with Gasteiger partial charge in [0.1, 0.15) is 30.2 Å². The number of carboxylic acids is 1. The fraction of sp³-hybridized carbons (Fsp3) is 0.462. The SMILES string of the molecule is O=C([O-])c1ccccc1O[C@@H]1O[C@H](CO)[C@@H](O)[C@H](O)[C@H]1O. The smallest absolute Gasteiger partial charge is 0.229 e. The van der Waals surface area contributed by atoms with E-state index in [-0.39, 0.29) is 11.3 Å². The largest absolute Gasteiger partial charge is 0.545 e. The maximum absolute atomic E-state index is 11.0. The monoisotopic (exact) mass is 299 g/mol. The lowest BCUT2D eigenvalue weighted by Crippen LogP contribution is -2.60. The number of aliphatic hydroxyl groups excluding tert-OH is 4. The molecule has 1 heterocycles.